The van der Waals surface area contributed by atoms with Crippen molar-refractivity contribution in [3.05, 3.63) is 65.0 Å². The Hall–Kier alpha value is -2.93. The van der Waals surface area contributed by atoms with Crippen molar-refractivity contribution in [1.82, 2.24) is 15.5 Å². The molecule has 1 unspecified atom stereocenters. The van der Waals surface area contributed by atoms with Gasteiger partial charge in [-0.2, -0.15) is 0 Å². The molecule has 3 rings (SSSR count). The number of aryl methyl sites for hydroxylation is 1. The van der Waals surface area contributed by atoms with Gasteiger partial charge in [-0.1, -0.05) is 38.1 Å². The van der Waals surface area contributed by atoms with Crippen LogP contribution in [0.15, 0.2) is 42.5 Å². The summed E-state index contributed by atoms with van der Waals surface area (Å²) in [6.45, 7) is 8.25. The molecule has 2 aromatic rings. The smallest absolute Gasteiger partial charge is 0.252 e. The molecular formula is C27H36FN3O3. The Balaban J connectivity index is 1.53. The molecule has 0 bridgehead atoms. The Labute approximate surface area is 201 Å². The molecule has 0 aromatic heterocycles. The molecule has 0 radical (unpaired) electrons. The zero-order valence-electron chi connectivity index (χ0n) is 20.6. The average molecular weight is 470 g/mol. The molecule has 1 heterocycles. The summed E-state index contributed by atoms with van der Waals surface area (Å²) in [7, 11) is 1.46. The number of carbonyl (C=O) groups is 2. The third-order valence-corrected chi connectivity index (χ3v) is 6.27. The van der Waals surface area contributed by atoms with Crippen molar-refractivity contribution in [3.63, 3.8) is 0 Å². The van der Waals surface area contributed by atoms with Gasteiger partial charge >= 0.3 is 0 Å². The van der Waals surface area contributed by atoms with E-state index in [2.05, 4.69) is 15.5 Å². The molecule has 2 N–H and O–H groups in total. The summed E-state index contributed by atoms with van der Waals surface area (Å²) in [5.74, 6) is -0.201. The first kappa shape index (κ1) is 25.7. The first-order valence-electron chi connectivity index (χ1n) is 12.0. The van der Waals surface area contributed by atoms with Crippen LogP contribution in [-0.2, 0) is 11.3 Å². The Morgan fingerprint density at radius 2 is 1.85 bits per heavy atom. The zero-order valence-corrected chi connectivity index (χ0v) is 20.6. The highest BCUT2D eigenvalue weighted by atomic mass is 19.1. The molecule has 1 saturated heterocycles. The Kier molecular flexibility index (Phi) is 9.05. The molecule has 0 aliphatic carbocycles. The number of nitrogens with zero attached hydrogens (tertiary/aromatic N) is 1. The van der Waals surface area contributed by atoms with Gasteiger partial charge in [0.1, 0.15) is 6.04 Å². The van der Waals surface area contributed by atoms with E-state index in [9.17, 15) is 14.0 Å². The van der Waals surface area contributed by atoms with Crippen LogP contribution in [0.25, 0.3) is 0 Å². The lowest BCUT2D eigenvalue weighted by Gasteiger charge is -2.33. The van der Waals surface area contributed by atoms with Crippen LogP contribution in [0, 0.1) is 18.7 Å². The number of likely N-dealkylation sites (tertiary alicyclic amines) is 1. The van der Waals surface area contributed by atoms with E-state index in [4.69, 9.17) is 4.74 Å². The van der Waals surface area contributed by atoms with Crippen molar-refractivity contribution in [2.45, 2.75) is 58.7 Å². The van der Waals surface area contributed by atoms with Crippen molar-refractivity contribution in [3.8, 4) is 5.75 Å². The van der Waals surface area contributed by atoms with E-state index in [1.54, 1.807) is 12.1 Å². The molecular weight excluding hydrogens is 433 g/mol. The number of methoxy groups -OCH3 is 1. The van der Waals surface area contributed by atoms with E-state index < -0.39 is 6.04 Å². The summed E-state index contributed by atoms with van der Waals surface area (Å²) in [5.41, 5.74) is 2.37. The van der Waals surface area contributed by atoms with Crippen LogP contribution in [0.1, 0.15) is 54.6 Å². The maximum Gasteiger partial charge on any atom is 0.252 e. The summed E-state index contributed by atoms with van der Waals surface area (Å²) >= 11 is 0. The predicted octanol–water partition coefficient (Wildman–Crippen LogP) is 4.07. The minimum atomic E-state index is -0.576. The molecule has 34 heavy (non-hydrogen) atoms. The standard InChI is InChI=1S/C27H36FN3O3/c1-18(2)15-24(30-26(32)22-8-6-5-7-19(22)3)27(33)29-21-11-13-31(14-12-21)17-20-9-10-25(34-4)23(28)16-20/h5-10,16,18,21,24H,11-15,17H2,1-4H3,(H,29,33)(H,30,32). The number of benzene rings is 2. The molecule has 1 aliphatic heterocycles. The minimum absolute atomic E-state index is 0.0568. The maximum absolute atomic E-state index is 14.0. The van der Waals surface area contributed by atoms with E-state index in [1.807, 2.05) is 45.0 Å². The second-order valence-corrected chi connectivity index (χ2v) is 9.50. The molecule has 1 atom stereocenters. The van der Waals surface area contributed by atoms with Crippen LogP contribution >= 0.6 is 0 Å². The van der Waals surface area contributed by atoms with Gasteiger partial charge in [-0.05, 0) is 61.4 Å². The number of carbonyl (C=O) groups excluding carboxylic acids is 2. The van der Waals surface area contributed by atoms with E-state index >= 15 is 0 Å². The summed E-state index contributed by atoms with van der Waals surface area (Å²) in [5, 5.41) is 6.09. The van der Waals surface area contributed by atoms with Crippen LogP contribution in [0.2, 0.25) is 0 Å². The molecule has 6 nitrogen and oxygen atoms in total. The lowest BCUT2D eigenvalue weighted by Crippen LogP contribution is -2.52. The van der Waals surface area contributed by atoms with E-state index in [0.717, 1.165) is 37.1 Å². The Morgan fingerprint density at radius 3 is 2.47 bits per heavy atom. The van der Waals surface area contributed by atoms with Crippen LogP contribution in [-0.4, -0.2) is 49.0 Å². The summed E-state index contributed by atoms with van der Waals surface area (Å²) < 4.78 is 19.0. The third-order valence-electron chi connectivity index (χ3n) is 6.27. The number of amides is 2. The summed E-state index contributed by atoms with van der Waals surface area (Å²) in [6.07, 6.45) is 2.19. The van der Waals surface area contributed by atoms with Gasteiger partial charge in [0.05, 0.1) is 7.11 Å². The fourth-order valence-corrected chi connectivity index (χ4v) is 4.37. The van der Waals surface area contributed by atoms with Crippen molar-refractivity contribution in [2.24, 2.45) is 5.92 Å². The monoisotopic (exact) mass is 469 g/mol. The van der Waals surface area contributed by atoms with Gasteiger partial charge in [-0.25, -0.2) is 4.39 Å². The Morgan fingerprint density at radius 1 is 1.15 bits per heavy atom. The molecule has 1 aliphatic rings. The molecule has 2 amide bonds. The van der Waals surface area contributed by atoms with E-state index in [1.165, 1.54) is 13.2 Å². The molecule has 184 valence electrons. The SMILES string of the molecule is COc1ccc(CN2CCC(NC(=O)C(CC(C)C)NC(=O)c3ccccc3C)CC2)cc1F. The molecule has 0 spiro atoms. The second-order valence-electron chi connectivity index (χ2n) is 9.50. The number of hydrogen-bond donors (Lipinski definition) is 2. The molecule has 2 aromatic carbocycles. The third kappa shape index (κ3) is 7.03. The highest BCUT2D eigenvalue weighted by molar-refractivity contribution is 5.98. The number of rotatable bonds is 9. The number of halogens is 1. The molecule has 1 fully saturated rings. The van der Waals surface area contributed by atoms with Gasteiger partial charge in [0.25, 0.3) is 5.91 Å². The fraction of sp³-hybridized carbons (Fsp3) is 0.481. The normalized spacial score (nSPS) is 15.7. The lowest BCUT2D eigenvalue weighted by molar-refractivity contribution is -0.124. The first-order valence-corrected chi connectivity index (χ1v) is 12.0. The highest BCUT2D eigenvalue weighted by Gasteiger charge is 2.27. The van der Waals surface area contributed by atoms with Gasteiger partial charge in [0, 0.05) is 31.2 Å². The van der Waals surface area contributed by atoms with E-state index in [-0.39, 0.29) is 35.3 Å². The summed E-state index contributed by atoms with van der Waals surface area (Å²) in [4.78, 5) is 28.1. The van der Waals surface area contributed by atoms with Crippen LogP contribution < -0.4 is 15.4 Å². The van der Waals surface area contributed by atoms with Crippen LogP contribution in [0.3, 0.4) is 0 Å². The topological polar surface area (TPSA) is 70.7 Å². The summed E-state index contributed by atoms with van der Waals surface area (Å²) in [6, 6.07) is 11.9. The van der Waals surface area contributed by atoms with Gasteiger partial charge in [0.2, 0.25) is 5.91 Å². The maximum atomic E-state index is 14.0. The van der Waals surface area contributed by atoms with Crippen molar-refractivity contribution in [1.29, 1.82) is 0 Å². The first-order chi connectivity index (χ1) is 16.3. The van der Waals surface area contributed by atoms with Crippen molar-refractivity contribution < 1.29 is 18.7 Å². The van der Waals surface area contributed by atoms with Crippen LogP contribution in [0.4, 0.5) is 4.39 Å². The molecule has 0 saturated carbocycles. The van der Waals surface area contributed by atoms with Crippen LogP contribution in [0.5, 0.6) is 5.75 Å². The second kappa shape index (κ2) is 12.0. The van der Waals surface area contributed by atoms with Gasteiger partial charge in [-0.3, -0.25) is 14.5 Å². The zero-order chi connectivity index (χ0) is 24.7. The van der Waals surface area contributed by atoms with Gasteiger partial charge in [-0.15, -0.1) is 0 Å². The minimum Gasteiger partial charge on any atom is -0.494 e. The lowest BCUT2D eigenvalue weighted by atomic mass is 9.99. The molecule has 7 heteroatoms. The average Bonchev–Trinajstić information content (AvgIpc) is 2.80. The van der Waals surface area contributed by atoms with Crippen molar-refractivity contribution >= 4 is 11.8 Å². The number of piperidine rings is 1. The highest BCUT2D eigenvalue weighted by Crippen LogP contribution is 2.20. The van der Waals surface area contributed by atoms with Gasteiger partial charge in [0.15, 0.2) is 11.6 Å². The number of hydrogen-bond acceptors (Lipinski definition) is 4. The largest absolute Gasteiger partial charge is 0.494 e. The Bertz CT molecular complexity index is 987. The van der Waals surface area contributed by atoms with E-state index in [0.29, 0.717) is 18.5 Å². The quantitative estimate of drug-likeness (QED) is 0.581. The fourth-order valence-electron chi connectivity index (χ4n) is 4.37. The van der Waals surface area contributed by atoms with Gasteiger partial charge < -0.3 is 15.4 Å². The predicted molar refractivity (Wildman–Crippen MR) is 131 cm³/mol. The number of nitrogens with one attached hydrogen (secondary N) is 2. The van der Waals surface area contributed by atoms with Crippen molar-refractivity contribution in [2.75, 3.05) is 20.2 Å². The number of ether oxygens (including phenoxy) is 1.